The molecule has 1 saturated carbocycles. The number of carbonyl (C=O) groups is 1. The van der Waals surface area contributed by atoms with Gasteiger partial charge in [0.25, 0.3) is 0 Å². The fourth-order valence-electron chi connectivity index (χ4n) is 2.85. The van der Waals surface area contributed by atoms with E-state index in [9.17, 15) is 4.79 Å². The van der Waals surface area contributed by atoms with E-state index in [4.69, 9.17) is 11.2 Å². The molecule has 21 heavy (non-hydrogen) atoms. The Labute approximate surface area is 127 Å². The number of nitrogens with one attached hydrogen (secondary N) is 1. The highest BCUT2D eigenvalue weighted by Crippen LogP contribution is 2.39. The van der Waals surface area contributed by atoms with Gasteiger partial charge in [-0.05, 0) is 51.3 Å². The molecule has 3 heteroatoms. The zero-order chi connectivity index (χ0) is 15.5. The van der Waals surface area contributed by atoms with E-state index in [1.54, 1.807) is 0 Å². The second kappa shape index (κ2) is 5.81. The number of carbonyl (C=O) groups excluding carboxylic acids is 1. The molecular formula is C18H23NO2. The SMILES string of the molecule is C#Cc1ccc(C2(NC(=O)OC(C)(C)C)CCCC2)cc1. The van der Waals surface area contributed by atoms with Crippen molar-refractivity contribution in [2.45, 2.75) is 57.6 Å². The fraction of sp³-hybridized carbons (Fsp3) is 0.500. The van der Waals surface area contributed by atoms with Crippen molar-refractivity contribution >= 4 is 6.09 Å². The van der Waals surface area contributed by atoms with Crippen molar-refractivity contribution in [2.75, 3.05) is 0 Å². The number of benzene rings is 1. The second-order valence-corrected chi connectivity index (χ2v) is 6.64. The van der Waals surface area contributed by atoms with Crippen LogP contribution in [0, 0.1) is 12.3 Å². The normalized spacial score (nSPS) is 17.0. The third-order valence-corrected chi connectivity index (χ3v) is 3.80. The average Bonchev–Trinajstić information content (AvgIpc) is 2.86. The fourth-order valence-corrected chi connectivity index (χ4v) is 2.85. The third kappa shape index (κ3) is 3.78. The standard InChI is InChI=1S/C18H23NO2/c1-5-14-8-10-15(11-9-14)18(12-6-7-13-18)19-16(20)21-17(2,3)4/h1,8-11H,6-7,12-13H2,2-4H3,(H,19,20). The van der Waals surface area contributed by atoms with Crippen LogP contribution in [0.5, 0.6) is 0 Å². The Morgan fingerprint density at radius 3 is 2.29 bits per heavy atom. The van der Waals surface area contributed by atoms with Crippen molar-refractivity contribution in [3.05, 3.63) is 35.4 Å². The molecular weight excluding hydrogens is 262 g/mol. The first kappa shape index (κ1) is 15.4. The molecule has 112 valence electrons. The van der Waals surface area contributed by atoms with Crippen LogP contribution in [-0.2, 0) is 10.3 Å². The van der Waals surface area contributed by atoms with Crippen molar-refractivity contribution in [3.63, 3.8) is 0 Å². The monoisotopic (exact) mass is 285 g/mol. The molecule has 0 saturated heterocycles. The van der Waals surface area contributed by atoms with Gasteiger partial charge in [0.2, 0.25) is 0 Å². The van der Waals surface area contributed by atoms with Gasteiger partial charge in [-0.1, -0.05) is 30.9 Å². The largest absolute Gasteiger partial charge is 0.444 e. The van der Waals surface area contributed by atoms with Gasteiger partial charge in [-0.2, -0.15) is 0 Å². The Morgan fingerprint density at radius 1 is 1.24 bits per heavy atom. The number of terminal acetylenes is 1. The third-order valence-electron chi connectivity index (χ3n) is 3.80. The Balaban J connectivity index is 2.20. The molecule has 0 spiro atoms. The van der Waals surface area contributed by atoms with Crippen molar-refractivity contribution in [3.8, 4) is 12.3 Å². The topological polar surface area (TPSA) is 38.3 Å². The summed E-state index contributed by atoms with van der Waals surface area (Å²) in [7, 11) is 0. The molecule has 0 bridgehead atoms. The van der Waals surface area contributed by atoms with Crippen LogP contribution in [-0.4, -0.2) is 11.7 Å². The maximum Gasteiger partial charge on any atom is 0.408 e. The Hall–Kier alpha value is -1.95. The van der Waals surface area contributed by atoms with Gasteiger partial charge in [-0.15, -0.1) is 6.42 Å². The summed E-state index contributed by atoms with van der Waals surface area (Å²) in [4.78, 5) is 12.2. The smallest absolute Gasteiger partial charge is 0.408 e. The summed E-state index contributed by atoms with van der Waals surface area (Å²) in [5, 5.41) is 3.09. The molecule has 3 nitrogen and oxygen atoms in total. The summed E-state index contributed by atoms with van der Waals surface area (Å²) in [6.45, 7) is 5.61. The van der Waals surface area contributed by atoms with Crippen molar-refractivity contribution in [1.82, 2.24) is 5.32 Å². The van der Waals surface area contributed by atoms with Gasteiger partial charge in [0, 0.05) is 5.56 Å². The first-order chi connectivity index (χ1) is 9.85. The first-order valence-corrected chi connectivity index (χ1v) is 7.43. The molecule has 0 atom stereocenters. The zero-order valence-electron chi connectivity index (χ0n) is 13.0. The van der Waals surface area contributed by atoms with E-state index in [0.717, 1.165) is 36.8 Å². The highest BCUT2D eigenvalue weighted by Gasteiger charge is 2.38. The molecule has 0 aliphatic heterocycles. The van der Waals surface area contributed by atoms with E-state index in [-0.39, 0.29) is 11.6 Å². The van der Waals surface area contributed by atoms with E-state index in [0.29, 0.717) is 0 Å². The summed E-state index contributed by atoms with van der Waals surface area (Å²) in [6, 6.07) is 7.87. The van der Waals surface area contributed by atoms with E-state index in [1.165, 1.54) is 0 Å². The highest BCUT2D eigenvalue weighted by atomic mass is 16.6. The van der Waals surface area contributed by atoms with Crippen LogP contribution in [0.1, 0.15) is 57.6 Å². The predicted octanol–water partition coefficient (Wildman–Crippen LogP) is 3.96. The average molecular weight is 285 g/mol. The van der Waals surface area contributed by atoms with E-state index >= 15 is 0 Å². The maximum atomic E-state index is 12.2. The van der Waals surface area contributed by atoms with Gasteiger partial charge in [0.1, 0.15) is 5.60 Å². The van der Waals surface area contributed by atoms with Crippen molar-refractivity contribution < 1.29 is 9.53 Å². The molecule has 1 amide bonds. The van der Waals surface area contributed by atoms with Crippen LogP contribution in [0.25, 0.3) is 0 Å². The van der Waals surface area contributed by atoms with E-state index < -0.39 is 5.60 Å². The number of hydrogen-bond donors (Lipinski definition) is 1. The first-order valence-electron chi connectivity index (χ1n) is 7.43. The number of alkyl carbamates (subject to hydrolysis) is 1. The van der Waals surface area contributed by atoms with Crippen LogP contribution in [0.4, 0.5) is 4.79 Å². The lowest BCUT2D eigenvalue weighted by Crippen LogP contribution is -2.46. The van der Waals surface area contributed by atoms with Crippen LogP contribution in [0.2, 0.25) is 0 Å². The minimum absolute atomic E-state index is 0.324. The lowest BCUT2D eigenvalue weighted by atomic mass is 9.88. The molecule has 1 aromatic carbocycles. The lowest BCUT2D eigenvalue weighted by Gasteiger charge is -2.32. The number of amides is 1. The lowest BCUT2D eigenvalue weighted by molar-refractivity contribution is 0.0453. The van der Waals surface area contributed by atoms with Crippen molar-refractivity contribution in [2.24, 2.45) is 0 Å². The molecule has 0 heterocycles. The van der Waals surface area contributed by atoms with Gasteiger partial charge in [-0.3, -0.25) is 0 Å². The molecule has 0 radical (unpaired) electrons. The van der Waals surface area contributed by atoms with Gasteiger partial charge in [0.05, 0.1) is 5.54 Å². The maximum absolute atomic E-state index is 12.2. The van der Waals surface area contributed by atoms with Gasteiger partial charge < -0.3 is 10.1 Å². The molecule has 0 aromatic heterocycles. The quantitative estimate of drug-likeness (QED) is 0.835. The number of ether oxygens (including phenoxy) is 1. The zero-order valence-corrected chi connectivity index (χ0v) is 13.0. The molecule has 1 fully saturated rings. The van der Waals surface area contributed by atoms with Gasteiger partial charge in [-0.25, -0.2) is 4.79 Å². The Morgan fingerprint density at radius 2 is 1.81 bits per heavy atom. The van der Waals surface area contributed by atoms with Crippen LogP contribution < -0.4 is 5.32 Å². The summed E-state index contributed by atoms with van der Waals surface area (Å²) in [6.07, 6.45) is 9.11. The van der Waals surface area contributed by atoms with Crippen molar-refractivity contribution in [1.29, 1.82) is 0 Å². The molecule has 2 rings (SSSR count). The van der Waals surface area contributed by atoms with E-state index in [2.05, 4.69) is 11.2 Å². The Kier molecular flexibility index (Phi) is 4.27. The molecule has 0 unspecified atom stereocenters. The summed E-state index contributed by atoms with van der Waals surface area (Å²) < 4.78 is 5.41. The molecule has 1 N–H and O–H groups in total. The molecule has 1 aromatic rings. The van der Waals surface area contributed by atoms with Crippen LogP contribution in [0.3, 0.4) is 0 Å². The number of hydrogen-bond acceptors (Lipinski definition) is 2. The van der Waals surface area contributed by atoms with Crippen LogP contribution in [0.15, 0.2) is 24.3 Å². The van der Waals surface area contributed by atoms with E-state index in [1.807, 2.05) is 45.0 Å². The summed E-state index contributed by atoms with van der Waals surface area (Å²) >= 11 is 0. The highest BCUT2D eigenvalue weighted by molar-refractivity contribution is 5.69. The Bertz CT molecular complexity index is 540. The predicted molar refractivity (Wildman–Crippen MR) is 83.9 cm³/mol. The minimum Gasteiger partial charge on any atom is -0.444 e. The molecule has 1 aliphatic carbocycles. The second-order valence-electron chi connectivity index (χ2n) is 6.64. The van der Waals surface area contributed by atoms with Gasteiger partial charge >= 0.3 is 6.09 Å². The minimum atomic E-state index is -0.489. The molecule has 1 aliphatic rings. The van der Waals surface area contributed by atoms with Gasteiger partial charge in [0.15, 0.2) is 0 Å². The van der Waals surface area contributed by atoms with Crippen LogP contribution >= 0.6 is 0 Å². The summed E-state index contributed by atoms with van der Waals surface area (Å²) in [5.41, 5.74) is 1.14. The number of rotatable bonds is 2. The summed E-state index contributed by atoms with van der Waals surface area (Å²) in [5.74, 6) is 2.62.